The Morgan fingerprint density at radius 2 is 1.47 bits per heavy atom. The lowest BCUT2D eigenvalue weighted by atomic mass is 10.2. The van der Waals surface area contributed by atoms with Crippen LogP contribution < -0.4 is 4.90 Å². The second-order valence-electron chi connectivity index (χ2n) is 7.06. The summed E-state index contributed by atoms with van der Waals surface area (Å²) in [7, 11) is 1.96. The Kier molecular flexibility index (Phi) is 5.81. The van der Waals surface area contributed by atoms with Crippen LogP contribution in [0.1, 0.15) is 5.69 Å². The number of hydrogen-bond donors (Lipinski definition) is 0. The molecule has 152 valence electrons. The average Bonchev–Trinajstić information content (AvgIpc) is 3.18. The van der Waals surface area contributed by atoms with Crippen LogP contribution in [0.3, 0.4) is 0 Å². The van der Waals surface area contributed by atoms with Gasteiger partial charge in [0.05, 0.1) is 5.69 Å². The molecule has 0 N–H and O–H groups in total. The van der Waals surface area contributed by atoms with Crippen LogP contribution in [-0.4, -0.2) is 23.1 Å². The number of halogens is 3. The summed E-state index contributed by atoms with van der Waals surface area (Å²) in [6, 6.07) is 20.2. The van der Waals surface area contributed by atoms with Crippen molar-refractivity contribution in [2.24, 2.45) is 0 Å². The molecule has 0 saturated carbocycles. The van der Waals surface area contributed by atoms with E-state index in [2.05, 4.69) is 4.90 Å². The fourth-order valence-electron chi connectivity index (χ4n) is 3.26. The molecule has 0 amide bonds. The van der Waals surface area contributed by atoms with E-state index in [0.717, 1.165) is 28.5 Å². The second-order valence-corrected chi connectivity index (χ2v) is 7.49. The number of anilines is 1. The van der Waals surface area contributed by atoms with Gasteiger partial charge in [-0.25, -0.2) is 13.8 Å². The Balaban J connectivity index is 1.62. The highest BCUT2D eigenvalue weighted by Crippen LogP contribution is 2.25. The molecule has 0 aliphatic carbocycles. The van der Waals surface area contributed by atoms with Crippen molar-refractivity contribution in [2.75, 3.05) is 18.5 Å². The summed E-state index contributed by atoms with van der Waals surface area (Å²) in [5, 5.41) is 0.656. The number of aromatic nitrogens is 2. The standard InChI is InChI=1S/C24H20ClF2N3/c1-29(22-12-8-20(27)9-13-22)15-14-21-16-30(23-10-4-18(25)5-11-23)24(28-21)17-2-6-19(26)7-3-17/h2-13,16H,14-15H2,1H3. The van der Waals surface area contributed by atoms with Crippen LogP contribution in [0.4, 0.5) is 14.5 Å². The van der Waals surface area contributed by atoms with E-state index >= 15 is 0 Å². The largest absolute Gasteiger partial charge is 0.374 e. The second kappa shape index (κ2) is 8.67. The summed E-state index contributed by atoms with van der Waals surface area (Å²) in [6.07, 6.45) is 2.68. The minimum absolute atomic E-state index is 0.252. The summed E-state index contributed by atoms with van der Waals surface area (Å²) >= 11 is 6.04. The summed E-state index contributed by atoms with van der Waals surface area (Å²) in [4.78, 5) is 6.86. The van der Waals surface area contributed by atoms with E-state index in [1.807, 2.05) is 42.1 Å². The molecular weight excluding hydrogens is 404 g/mol. The minimum atomic E-state index is -0.288. The van der Waals surface area contributed by atoms with Crippen LogP contribution >= 0.6 is 11.6 Å². The zero-order valence-electron chi connectivity index (χ0n) is 16.4. The zero-order valence-corrected chi connectivity index (χ0v) is 17.2. The Morgan fingerprint density at radius 1 is 0.867 bits per heavy atom. The molecule has 0 aliphatic rings. The average molecular weight is 424 g/mol. The Hall–Kier alpha value is -3.18. The molecule has 6 heteroatoms. The molecule has 0 unspecified atom stereocenters. The monoisotopic (exact) mass is 423 g/mol. The van der Waals surface area contributed by atoms with Gasteiger partial charge in [0.1, 0.15) is 17.5 Å². The van der Waals surface area contributed by atoms with Crippen LogP contribution in [0.25, 0.3) is 17.1 Å². The molecule has 3 aromatic carbocycles. The molecule has 4 rings (SSSR count). The maximum absolute atomic E-state index is 13.4. The smallest absolute Gasteiger partial charge is 0.144 e. The van der Waals surface area contributed by atoms with E-state index in [1.165, 1.54) is 24.3 Å². The molecule has 0 fully saturated rings. The van der Waals surface area contributed by atoms with Gasteiger partial charge in [-0.1, -0.05) is 11.6 Å². The third kappa shape index (κ3) is 4.52. The van der Waals surface area contributed by atoms with Crippen molar-refractivity contribution in [3.8, 4) is 17.1 Å². The van der Waals surface area contributed by atoms with Crippen molar-refractivity contribution in [1.29, 1.82) is 0 Å². The van der Waals surface area contributed by atoms with E-state index in [9.17, 15) is 8.78 Å². The first-order chi connectivity index (χ1) is 14.5. The maximum atomic E-state index is 13.4. The van der Waals surface area contributed by atoms with E-state index in [1.54, 1.807) is 24.3 Å². The summed E-state index contributed by atoms with van der Waals surface area (Å²) in [5.41, 5.74) is 3.58. The minimum Gasteiger partial charge on any atom is -0.374 e. The third-order valence-electron chi connectivity index (χ3n) is 4.93. The lowest BCUT2D eigenvalue weighted by Gasteiger charge is -2.18. The van der Waals surface area contributed by atoms with Gasteiger partial charge in [0.2, 0.25) is 0 Å². The van der Waals surface area contributed by atoms with Gasteiger partial charge in [-0.2, -0.15) is 0 Å². The summed E-state index contributed by atoms with van der Waals surface area (Å²) < 4.78 is 28.5. The van der Waals surface area contributed by atoms with Crippen molar-refractivity contribution < 1.29 is 8.78 Å². The van der Waals surface area contributed by atoms with Crippen LogP contribution in [0.2, 0.25) is 5.02 Å². The van der Waals surface area contributed by atoms with Crippen LogP contribution in [0, 0.1) is 11.6 Å². The maximum Gasteiger partial charge on any atom is 0.144 e. The Bertz CT molecular complexity index is 1060. The van der Waals surface area contributed by atoms with Gasteiger partial charge >= 0.3 is 0 Å². The fraction of sp³-hybridized carbons (Fsp3) is 0.125. The number of nitrogens with zero attached hydrogens (tertiary/aromatic N) is 3. The molecule has 0 spiro atoms. The van der Waals surface area contributed by atoms with Crippen molar-refractivity contribution in [3.05, 3.63) is 101 Å². The molecule has 0 saturated heterocycles. The van der Waals surface area contributed by atoms with Crippen molar-refractivity contribution in [3.63, 3.8) is 0 Å². The molecule has 1 aromatic heterocycles. The summed E-state index contributed by atoms with van der Waals surface area (Å²) in [6.45, 7) is 0.714. The highest BCUT2D eigenvalue weighted by atomic mass is 35.5. The van der Waals surface area contributed by atoms with Crippen molar-refractivity contribution in [2.45, 2.75) is 6.42 Å². The lowest BCUT2D eigenvalue weighted by molar-refractivity contribution is 0.627. The molecule has 0 aliphatic heterocycles. The zero-order chi connectivity index (χ0) is 21.1. The van der Waals surface area contributed by atoms with E-state index in [4.69, 9.17) is 16.6 Å². The predicted molar refractivity (Wildman–Crippen MR) is 117 cm³/mol. The van der Waals surface area contributed by atoms with Gasteiger partial charge < -0.3 is 4.90 Å². The van der Waals surface area contributed by atoms with Gasteiger partial charge in [-0.3, -0.25) is 4.57 Å². The van der Waals surface area contributed by atoms with Gasteiger partial charge in [0.25, 0.3) is 0 Å². The Labute approximate surface area is 179 Å². The molecule has 1 heterocycles. The van der Waals surface area contributed by atoms with Crippen molar-refractivity contribution in [1.82, 2.24) is 9.55 Å². The quantitative estimate of drug-likeness (QED) is 0.371. The van der Waals surface area contributed by atoms with Gasteiger partial charge in [-0.05, 0) is 72.8 Å². The first kappa shape index (κ1) is 20.1. The number of hydrogen-bond acceptors (Lipinski definition) is 2. The molecule has 0 bridgehead atoms. The van der Waals surface area contributed by atoms with Gasteiger partial charge in [-0.15, -0.1) is 0 Å². The normalized spacial score (nSPS) is 10.9. The molecule has 4 aromatic rings. The lowest BCUT2D eigenvalue weighted by Crippen LogP contribution is -2.20. The number of likely N-dealkylation sites (N-methyl/N-ethyl adjacent to an activating group) is 1. The highest BCUT2D eigenvalue weighted by Gasteiger charge is 2.13. The topological polar surface area (TPSA) is 21.1 Å². The van der Waals surface area contributed by atoms with Gasteiger partial charge in [0.15, 0.2) is 0 Å². The van der Waals surface area contributed by atoms with E-state index in [0.29, 0.717) is 18.0 Å². The van der Waals surface area contributed by atoms with Crippen LogP contribution in [-0.2, 0) is 6.42 Å². The molecule has 30 heavy (non-hydrogen) atoms. The molecule has 0 radical (unpaired) electrons. The van der Waals surface area contributed by atoms with Crippen molar-refractivity contribution >= 4 is 17.3 Å². The van der Waals surface area contributed by atoms with Crippen LogP contribution in [0.5, 0.6) is 0 Å². The van der Waals surface area contributed by atoms with Crippen LogP contribution in [0.15, 0.2) is 79.0 Å². The predicted octanol–water partition coefficient (Wildman–Crippen LogP) is 6.15. The SMILES string of the molecule is CN(CCc1cn(-c2ccc(Cl)cc2)c(-c2ccc(F)cc2)n1)c1ccc(F)cc1. The third-order valence-corrected chi connectivity index (χ3v) is 5.19. The molecule has 3 nitrogen and oxygen atoms in total. The summed E-state index contributed by atoms with van der Waals surface area (Å²) in [5.74, 6) is 0.194. The first-order valence-corrected chi connectivity index (χ1v) is 9.94. The van der Waals surface area contributed by atoms with E-state index < -0.39 is 0 Å². The van der Waals surface area contributed by atoms with Gasteiger partial charge in [0, 0.05) is 48.2 Å². The Morgan fingerprint density at radius 3 is 2.10 bits per heavy atom. The fourth-order valence-corrected chi connectivity index (χ4v) is 3.38. The molecular formula is C24H20ClF2N3. The molecule has 0 atom stereocenters. The highest BCUT2D eigenvalue weighted by molar-refractivity contribution is 6.30. The first-order valence-electron chi connectivity index (χ1n) is 9.56. The van der Waals surface area contributed by atoms with E-state index in [-0.39, 0.29) is 11.6 Å². The number of imidazole rings is 1. The number of rotatable bonds is 6. The number of benzene rings is 3.